The zero-order valence-electron chi connectivity index (χ0n) is 30.1. The van der Waals surface area contributed by atoms with Gasteiger partial charge in [0.25, 0.3) is 0 Å². The van der Waals surface area contributed by atoms with Gasteiger partial charge in [-0.1, -0.05) is 18.6 Å². The Balaban J connectivity index is 1.22. The first-order valence-corrected chi connectivity index (χ1v) is 18.0. The summed E-state index contributed by atoms with van der Waals surface area (Å²) in [5.41, 5.74) is 2.37. The molecule has 13 heteroatoms. The molecule has 5 heterocycles. The summed E-state index contributed by atoms with van der Waals surface area (Å²) in [4.78, 5) is 38.8. The lowest BCUT2D eigenvalue weighted by Gasteiger charge is -2.46. The third kappa shape index (κ3) is 6.76. The summed E-state index contributed by atoms with van der Waals surface area (Å²) >= 11 is 0. The van der Waals surface area contributed by atoms with Crippen molar-refractivity contribution in [1.82, 2.24) is 24.8 Å². The third-order valence-corrected chi connectivity index (χ3v) is 11.1. The fourth-order valence-corrected chi connectivity index (χ4v) is 8.75. The summed E-state index contributed by atoms with van der Waals surface area (Å²) in [6.07, 6.45) is 15.1. The Kier molecular flexibility index (Phi) is 9.54. The molecular weight excluding hydrogens is 666 g/mol. The molecule has 1 N–H and O–H groups in total. The van der Waals surface area contributed by atoms with Crippen LogP contribution in [0.25, 0.3) is 0 Å². The number of amides is 1. The molecule has 2 aromatic heterocycles. The Morgan fingerprint density at radius 2 is 2.04 bits per heavy atom. The first kappa shape index (κ1) is 35.6. The molecule has 4 aliphatic rings. The number of carbonyl (C=O) groups is 1. The van der Waals surface area contributed by atoms with Crippen LogP contribution in [0.2, 0.25) is 0 Å². The molecule has 2 fully saturated rings. The second kappa shape index (κ2) is 14.0. The smallest absolute Gasteiger partial charge is 0.318 e. The number of terminal acetylenes is 1. The minimum atomic E-state index is -1.06. The average molecular weight is 713 g/mol. The van der Waals surface area contributed by atoms with E-state index in [0.717, 1.165) is 29.7 Å². The molecule has 7 rings (SSSR count). The highest BCUT2D eigenvalue weighted by Crippen LogP contribution is 2.41. The Bertz CT molecular complexity index is 1890. The average Bonchev–Trinajstić information content (AvgIpc) is 3.72. The normalized spacial score (nSPS) is 26.8. The van der Waals surface area contributed by atoms with E-state index in [0.29, 0.717) is 56.0 Å². The lowest BCUT2D eigenvalue weighted by atomic mass is 9.84. The Hall–Kier alpha value is -4.83. The van der Waals surface area contributed by atoms with Crippen LogP contribution < -0.4 is 19.4 Å². The molecule has 5 atom stereocenters. The highest BCUT2D eigenvalue weighted by Gasteiger charge is 2.44. The second-order valence-corrected chi connectivity index (χ2v) is 15.2. The van der Waals surface area contributed by atoms with E-state index in [-0.39, 0.29) is 55.7 Å². The fraction of sp³-hybridized carbons (Fsp3) is 0.513. The Labute approximate surface area is 303 Å². The maximum atomic E-state index is 15.1. The summed E-state index contributed by atoms with van der Waals surface area (Å²) in [5.74, 6) is 2.73. The Morgan fingerprint density at radius 3 is 2.79 bits per heavy atom. The molecule has 0 bridgehead atoms. The van der Waals surface area contributed by atoms with Crippen LogP contribution in [0, 0.1) is 18.2 Å². The zero-order chi connectivity index (χ0) is 36.8. The largest absolute Gasteiger partial charge is 0.461 e. The number of alkyl halides is 1. The lowest BCUT2D eigenvalue weighted by Crippen LogP contribution is -2.53. The van der Waals surface area contributed by atoms with Crippen LogP contribution in [0.4, 0.5) is 26.0 Å². The summed E-state index contributed by atoms with van der Waals surface area (Å²) in [7, 11) is 1.97. The van der Waals surface area contributed by atoms with Gasteiger partial charge in [-0.3, -0.25) is 4.79 Å². The number of benzene rings is 1. The number of hydrogen-bond acceptors (Lipinski definition) is 10. The van der Waals surface area contributed by atoms with E-state index in [1.54, 1.807) is 25.4 Å². The standard InChI is InChI=1S/C39H46F2N8O3/c1-6-30-32(41)13-10-25-16-39(4,51)22-48(35(25)30)27-11-12-31-33(15-27)44-37(45-36(31)46(5)21-28-9-8-14-47(28)34(50)7-2)52-23-38(3)17-26(40)20-49(38)29-18-42-24-43-19-29/h1,7,10,13,18-19,24,26-28,51H,2,8-9,11-12,14-17,20-23H2,3-5H3/t26-,27+,28+,38+,39-/m1/s1. The molecule has 274 valence electrons. The number of β-amino-alcohol motifs (C(OH)–C–C–N with tert-alkyl or cyclic N) is 1. The number of fused-ring (bicyclic) bond motifs is 2. The molecule has 1 aromatic carbocycles. The van der Waals surface area contributed by atoms with E-state index in [9.17, 15) is 14.3 Å². The minimum Gasteiger partial charge on any atom is -0.461 e. The summed E-state index contributed by atoms with van der Waals surface area (Å²) in [6, 6.07) is 3.10. The number of aromatic nitrogens is 4. The highest BCUT2D eigenvalue weighted by atomic mass is 19.1. The van der Waals surface area contributed by atoms with Gasteiger partial charge in [-0.25, -0.2) is 18.7 Å². The number of carbonyl (C=O) groups excluding carboxylic acids is 1. The summed E-state index contributed by atoms with van der Waals surface area (Å²) in [5, 5.41) is 11.3. The van der Waals surface area contributed by atoms with Crippen molar-refractivity contribution in [3.8, 4) is 18.4 Å². The second-order valence-electron chi connectivity index (χ2n) is 15.2. The molecule has 11 nitrogen and oxygen atoms in total. The van der Waals surface area contributed by atoms with Gasteiger partial charge in [-0.15, -0.1) is 6.42 Å². The van der Waals surface area contributed by atoms with E-state index in [1.807, 2.05) is 23.8 Å². The van der Waals surface area contributed by atoms with Gasteiger partial charge in [0.05, 0.1) is 52.7 Å². The molecule has 1 aliphatic carbocycles. The maximum absolute atomic E-state index is 15.1. The molecule has 0 unspecified atom stereocenters. The van der Waals surface area contributed by atoms with Crippen LogP contribution in [0.3, 0.4) is 0 Å². The van der Waals surface area contributed by atoms with Crippen LogP contribution in [0.5, 0.6) is 6.01 Å². The number of likely N-dealkylation sites (tertiary alicyclic amines) is 1. The first-order chi connectivity index (χ1) is 24.9. The predicted molar refractivity (Wildman–Crippen MR) is 195 cm³/mol. The SMILES string of the molecule is C#Cc1c(F)ccc2c1N([C@H]1CCc3c(nc(OC[C@]4(C)C[C@@H](F)CN4c4cncnc4)nc3N(C)C[C@@H]3CCCN3C(=O)C=C)C1)C[C@](C)(O)C2. The number of ether oxygens (including phenoxy) is 1. The number of aliphatic hydroxyl groups is 1. The minimum absolute atomic E-state index is 0.00785. The molecule has 2 saturated heterocycles. The van der Waals surface area contributed by atoms with Crippen molar-refractivity contribution in [3.63, 3.8) is 0 Å². The van der Waals surface area contributed by atoms with Crippen molar-refractivity contribution in [1.29, 1.82) is 0 Å². The van der Waals surface area contributed by atoms with Crippen molar-refractivity contribution in [2.24, 2.45) is 0 Å². The zero-order valence-corrected chi connectivity index (χ0v) is 30.1. The monoisotopic (exact) mass is 712 g/mol. The number of likely N-dealkylation sites (N-methyl/N-ethyl adjacent to an activating group) is 1. The van der Waals surface area contributed by atoms with Gasteiger partial charge in [0.1, 0.15) is 30.7 Å². The quantitative estimate of drug-likeness (QED) is 0.258. The number of rotatable bonds is 9. The van der Waals surface area contributed by atoms with Gasteiger partial charge >= 0.3 is 6.01 Å². The number of halogens is 2. The van der Waals surface area contributed by atoms with Gasteiger partial charge in [0, 0.05) is 63.6 Å². The van der Waals surface area contributed by atoms with Gasteiger partial charge in [-0.05, 0) is 57.2 Å². The van der Waals surface area contributed by atoms with Gasteiger partial charge < -0.3 is 29.4 Å². The van der Waals surface area contributed by atoms with Crippen molar-refractivity contribution in [3.05, 3.63) is 71.7 Å². The molecule has 3 aromatic rings. The van der Waals surface area contributed by atoms with E-state index < -0.39 is 23.1 Å². The molecule has 52 heavy (non-hydrogen) atoms. The van der Waals surface area contributed by atoms with Crippen molar-refractivity contribution < 1.29 is 23.4 Å². The third-order valence-electron chi connectivity index (χ3n) is 11.1. The maximum Gasteiger partial charge on any atom is 0.318 e. The van der Waals surface area contributed by atoms with Crippen molar-refractivity contribution in [2.75, 3.05) is 54.5 Å². The molecule has 3 aliphatic heterocycles. The van der Waals surface area contributed by atoms with E-state index in [4.69, 9.17) is 21.1 Å². The summed E-state index contributed by atoms with van der Waals surface area (Å²) in [6.45, 7) is 9.27. The van der Waals surface area contributed by atoms with Crippen LogP contribution in [0.15, 0.2) is 43.5 Å². The topological polar surface area (TPSA) is 111 Å². The van der Waals surface area contributed by atoms with Crippen LogP contribution in [-0.2, 0) is 24.1 Å². The van der Waals surface area contributed by atoms with Gasteiger partial charge in [-0.2, -0.15) is 9.97 Å². The van der Waals surface area contributed by atoms with Crippen LogP contribution >= 0.6 is 0 Å². The Morgan fingerprint density at radius 1 is 1.25 bits per heavy atom. The van der Waals surface area contributed by atoms with Gasteiger partial charge in [0.2, 0.25) is 5.91 Å². The van der Waals surface area contributed by atoms with Crippen molar-refractivity contribution in [2.45, 2.75) is 88.2 Å². The van der Waals surface area contributed by atoms with E-state index in [1.165, 1.54) is 18.5 Å². The van der Waals surface area contributed by atoms with E-state index >= 15 is 4.39 Å². The fourth-order valence-electron chi connectivity index (χ4n) is 8.75. The van der Waals surface area contributed by atoms with E-state index in [2.05, 4.69) is 32.3 Å². The van der Waals surface area contributed by atoms with Crippen LogP contribution in [-0.4, -0.2) is 105 Å². The lowest BCUT2D eigenvalue weighted by molar-refractivity contribution is -0.126. The number of hydrogen-bond donors (Lipinski definition) is 1. The molecular formula is C39H46F2N8O3. The number of nitrogens with zero attached hydrogens (tertiary/aromatic N) is 8. The first-order valence-electron chi connectivity index (χ1n) is 18.0. The molecule has 0 radical (unpaired) electrons. The predicted octanol–water partition coefficient (Wildman–Crippen LogP) is 4.06. The van der Waals surface area contributed by atoms with Crippen LogP contribution in [0.1, 0.15) is 61.9 Å². The van der Waals surface area contributed by atoms with Crippen molar-refractivity contribution >= 4 is 23.1 Å². The molecule has 0 saturated carbocycles. The van der Waals surface area contributed by atoms with Gasteiger partial charge in [0.15, 0.2) is 0 Å². The summed E-state index contributed by atoms with van der Waals surface area (Å²) < 4.78 is 36.5. The molecule has 0 spiro atoms. The number of anilines is 3. The highest BCUT2D eigenvalue weighted by molar-refractivity contribution is 5.87. The molecule has 1 amide bonds.